The van der Waals surface area contributed by atoms with Gasteiger partial charge in [0.25, 0.3) is 0 Å². The Morgan fingerprint density at radius 1 is 1.59 bits per heavy atom. The molecule has 0 saturated carbocycles. The Hall–Kier alpha value is -2.16. The SMILES string of the molecule is CC(C)N(CCC#N)c1cncc(C(=O)O)n1. The number of nitrogens with zero attached hydrogens (tertiary/aromatic N) is 4. The fraction of sp³-hybridized carbons (Fsp3) is 0.455. The molecule has 0 aliphatic rings. The van der Waals surface area contributed by atoms with E-state index in [1.54, 1.807) is 0 Å². The molecule has 0 aromatic carbocycles. The van der Waals surface area contributed by atoms with Crippen molar-refractivity contribution in [3.63, 3.8) is 0 Å². The minimum absolute atomic E-state index is 0.0925. The van der Waals surface area contributed by atoms with Gasteiger partial charge in [-0.3, -0.25) is 4.98 Å². The molecule has 6 nitrogen and oxygen atoms in total. The summed E-state index contributed by atoms with van der Waals surface area (Å²) in [5.41, 5.74) is -0.0925. The van der Waals surface area contributed by atoms with Crippen molar-refractivity contribution in [2.24, 2.45) is 0 Å². The number of carboxylic acid groups (broad SMARTS) is 1. The summed E-state index contributed by atoms with van der Waals surface area (Å²) in [6.45, 7) is 4.41. The smallest absolute Gasteiger partial charge is 0.356 e. The summed E-state index contributed by atoms with van der Waals surface area (Å²) in [5.74, 6) is -0.626. The number of rotatable bonds is 5. The van der Waals surface area contributed by atoms with E-state index in [1.165, 1.54) is 12.4 Å². The van der Waals surface area contributed by atoms with E-state index in [2.05, 4.69) is 16.0 Å². The Bertz CT molecular complexity index is 439. The number of aromatic nitrogens is 2. The number of carbonyl (C=O) groups is 1. The zero-order valence-corrected chi connectivity index (χ0v) is 9.79. The second-order valence-corrected chi connectivity index (χ2v) is 3.76. The average molecular weight is 234 g/mol. The van der Waals surface area contributed by atoms with Crippen molar-refractivity contribution in [3.8, 4) is 6.07 Å². The minimum atomic E-state index is -1.11. The summed E-state index contributed by atoms with van der Waals surface area (Å²) in [7, 11) is 0. The van der Waals surface area contributed by atoms with Crippen LogP contribution in [0.4, 0.5) is 5.82 Å². The Kier molecular flexibility index (Phi) is 4.40. The summed E-state index contributed by atoms with van der Waals surface area (Å²) in [6, 6.07) is 2.18. The van der Waals surface area contributed by atoms with Crippen LogP contribution in [0.3, 0.4) is 0 Å². The van der Waals surface area contributed by atoms with E-state index in [4.69, 9.17) is 10.4 Å². The van der Waals surface area contributed by atoms with Gasteiger partial charge < -0.3 is 10.0 Å². The van der Waals surface area contributed by atoms with Crippen LogP contribution in [0.5, 0.6) is 0 Å². The lowest BCUT2D eigenvalue weighted by atomic mass is 10.3. The van der Waals surface area contributed by atoms with Gasteiger partial charge in [0, 0.05) is 12.6 Å². The van der Waals surface area contributed by atoms with Crippen LogP contribution in [0.25, 0.3) is 0 Å². The van der Waals surface area contributed by atoms with Crippen molar-refractivity contribution in [2.75, 3.05) is 11.4 Å². The predicted octanol–water partition coefficient (Wildman–Crippen LogP) is 1.30. The summed E-state index contributed by atoms with van der Waals surface area (Å²) in [5, 5.41) is 17.4. The van der Waals surface area contributed by atoms with Crippen molar-refractivity contribution in [1.82, 2.24) is 9.97 Å². The highest BCUT2D eigenvalue weighted by Crippen LogP contribution is 2.13. The quantitative estimate of drug-likeness (QED) is 0.825. The first-order valence-corrected chi connectivity index (χ1v) is 5.25. The number of hydrogen-bond acceptors (Lipinski definition) is 5. The molecule has 0 bridgehead atoms. The second-order valence-electron chi connectivity index (χ2n) is 3.76. The van der Waals surface area contributed by atoms with Crippen LogP contribution in [0.15, 0.2) is 12.4 Å². The van der Waals surface area contributed by atoms with E-state index in [0.717, 1.165) is 0 Å². The first kappa shape index (κ1) is 12.9. The normalized spacial score (nSPS) is 10.0. The van der Waals surface area contributed by atoms with Crippen LogP contribution in [0.1, 0.15) is 30.8 Å². The zero-order valence-electron chi connectivity index (χ0n) is 9.79. The van der Waals surface area contributed by atoms with E-state index in [1.807, 2.05) is 18.7 Å². The molecule has 90 valence electrons. The van der Waals surface area contributed by atoms with Gasteiger partial charge in [0.05, 0.1) is 24.9 Å². The first-order valence-electron chi connectivity index (χ1n) is 5.25. The molecule has 17 heavy (non-hydrogen) atoms. The third-order valence-corrected chi connectivity index (χ3v) is 2.22. The molecule has 1 aromatic heterocycles. The summed E-state index contributed by atoms with van der Waals surface area (Å²) in [6.07, 6.45) is 3.07. The average Bonchev–Trinajstić information content (AvgIpc) is 2.29. The van der Waals surface area contributed by atoms with Crippen molar-refractivity contribution >= 4 is 11.8 Å². The largest absolute Gasteiger partial charge is 0.476 e. The van der Waals surface area contributed by atoms with Crippen LogP contribution in [-0.4, -0.2) is 33.6 Å². The summed E-state index contributed by atoms with van der Waals surface area (Å²) >= 11 is 0. The number of hydrogen-bond donors (Lipinski definition) is 1. The summed E-state index contributed by atoms with van der Waals surface area (Å²) in [4.78, 5) is 20.5. The van der Waals surface area contributed by atoms with Crippen LogP contribution in [0, 0.1) is 11.3 Å². The van der Waals surface area contributed by atoms with E-state index in [9.17, 15) is 4.79 Å². The van der Waals surface area contributed by atoms with Crippen molar-refractivity contribution < 1.29 is 9.90 Å². The molecule has 0 radical (unpaired) electrons. The van der Waals surface area contributed by atoms with Gasteiger partial charge in [0.15, 0.2) is 5.69 Å². The standard InChI is InChI=1S/C11H14N4O2/c1-8(2)15(5-3-4-12)10-7-13-6-9(14-10)11(16)17/h6-8H,3,5H2,1-2H3,(H,16,17). The van der Waals surface area contributed by atoms with Crippen LogP contribution in [0.2, 0.25) is 0 Å². The molecule has 0 aliphatic carbocycles. The fourth-order valence-corrected chi connectivity index (χ4v) is 1.40. The second kappa shape index (κ2) is 5.80. The van der Waals surface area contributed by atoms with Crippen LogP contribution >= 0.6 is 0 Å². The molecule has 0 unspecified atom stereocenters. The highest BCUT2D eigenvalue weighted by molar-refractivity contribution is 5.85. The fourth-order valence-electron chi connectivity index (χ4n) is 1.40. The molecule has 1 aromatic rings. The number of aromatic carboxylic acids is 1. The molecular formula is C11H14N4O2. The van der Waals surface area contributed by atoms with Gasteiger partial charge in [-0.05, 0) is 13.8 Å². The molecule has 0 fully saturated rings. The molecule has 1 rings (SSSR count). The lowest BCUT2D eigenvalue weighted by Gasteiger charge is -2.26. The lowest BCUT2D eigenvalue weighted by molar-refractivity contribution is 0.0690. The molecule has 0 saturated heterocycles. The van der Waals surface area contributed by atoms with E-state index in [0.29, 0.717) is 18.8 Å². The first-order chi connectivity index (χ1) is 8.06. The highest BCUT2D eigenvalue weighted by Gasteiger charge is 2.14. The van der Waals surface area contributed by atoms with Gasteiger partial charge in [0.1, 0.15) is 5.82 Å². The maximum absolute atomic E-state index is 10.8. The maximum atomic E-state index is 10.8. The Morgan fingerprint density at radius 2 is 2.29 bits per heavy atom. The topological polar surface area (TPSA) is 90.1 Å². The van der Waals surface area contributed by atoms with Gasteiger partial charge in [-0.2, -0.15) is 5.26 Å². The minimum Gasteiger partial charge on any atom is -0.476 e. The Balaban J connectivity index is 2.98. The summed E-state index contributed by atoms with van der Waals surface area (Å²) < 4.78 is 0. The number of anilines is 1. The third-order valence-electron chi connectivity index (χ3n) is 2.22. The van der Waals surface area contributed by atoms with Crippen LogP contribution in [-0.2, 0) is 0 Å². The molecule has 0 spiro atoms. The van der Waals surface area contributed by atoms with E-state index < -0.39 is 5.97 Å². The maximum Gasteiger partial charge on any atom is 0.356 e. The van der Waals surface area contributed by atoms with Gasteiger partial charge >= 0.3 is 5.97 Å². The van der Waals surface area contributed by atoms with E-state index >= 15 is 0 Å². The molecule has 0 aliphatic heterocycles. The number of carboxylic acids is 1. The molecule has 0 amide bonds. The van der Waals surface area contributed by atoms with Gasteiger partial charge in [0.2, 0.25) is 0 Å². The highest BCUT2D eigenvalue weighted by atomic mass is 16.4. The van der Waals surface area contributed by atoms with Crippen molar-refractivity contribution in [3.05, 3.63) is 18.1 Å². The molecule has 6 heteroatoms. The van der Waals surface area contributed by atoms with Gasteiger partial charge in [-0.1, -0.05) is 0 Å². The zero-order chi connectivity index (χ0) is 12.8. The lowest BCUT2D eigenvalue weighted by Crippen LogP contribution is -2.32. The van der Waals surface area contributed by atoms with E-state index in [-0.39, 0.29) is 11.7 Å². The number of nitriles is 1. The molecule has 1 heterocycles. The van der Waals surface area contributed by atoms with Gasteiger partial charge in [-0.15, -0.1) is 0 Å². The Labute approximate surface area is 99.5 Å². The third kappa shape index (κ3) is 3.41. The molecule has 0 atom stereocenters. The van der Waals surface area contributed by atoms with Crippen molar-refractivity contribution in [2.45, 2.75) is 26.3 Å². The van der Waals surface area contributed by atoms with Gasteiger partial charge in [-0.25, -0.2) is 9.78 Å². The predicted molar refractivity (Wildman–Crippen MR) is 61.7 cm³/mol. The van der Waals surface area contributed by atoms with Crippen molar-refractivity contribution in [1.29, 1.82) is 5.26 Å². The monoisotopic (exact) mass is 234 g/mol. The molecular weight excluding hydrogens is 220 g/mol. The van der Waals surface area contributed by atoms with Crippen LogP contribution < -0.4 is 4.90 Å². The molecule has 1 N–H and O–H groups in total. The Morgan fingerprint density at radius 3 is 2.82 bits per heavy atom.